The highest BCUT2D eigenvalue weighted by Crippen LogP contribution is 2.50. The molecule has 0 fully saturated rings. The first-order valence-corrected chi connectivity index (χ1v) is 16.6. The minimum atomic E-state index is -0.531. The van der Waals surface area contributed by atoms with Crippen LogP contribution in [0, 0.1) is 0 Å². The average Bonchev–Trinajstić information content (AvgIpc) is 3.78. The van der Waals surface area contributed by atoms with Crippen LogP contribution < -0.4 is 0 Å². The van der Waals surface area contributed by atoms with Crippen molar-refractivity contribution >= 4 is 43.5 Å². The average molecular weight is 657 g/mol. The Hall–Kier alpha value is -6.91. The van der Waals surface area contributed by atoms with Gasteiger partial charge in [0.1, 0.15) is 11.2 Å². The van der Waals surface area contributed by atoms with Gasteiger partial charge < -0.3 is 4.42 Å². The Labute approximate surface area is 303 Å². The zero-order valence-electron chi connectivity index (χ0n) is 33.8. The second-order valence-electron chi connectivity index (χ2n) is 12.6. The van der Waals surface area contributed by atoms with E-state index >= 15 is 0 Å². The maximum atomic E-state index is 9.75. The third kappa shape index (κ3) is 4.23. The fourth-order valence-electron chi connectivity index (χ4n) is 7.54. The summed E-state index contributed by atoms with van der Waals surface area (Å²) in [5, 5.41) is 5.15. The van der Waals surface area contributed by atoms with Gasteiger partial charge in [0.25, 0.3) is 0 Å². The van der Waals surface area contributed by atoms with Gasteiger partial charge in [0.15, 0.2) is 17.5 Å². The van der Waals surface area contributed by atoms with Gasteiger partial charge in [0.2, 0.25) is 0 Å². The van der Waals surface area contributed by atoms with Gasteiger partial charge >= 0.3 is 0 Å². The second-order valence-corrected chi connectivity index (χ2v) is 12.6. The molecule has 4 nitrogen and oxygen atoms in total. The van der Waals surface area contributed by atoms with Crippen molar-refractivity contribution in [3.05, 3.63) is 164 Å². The number of furan rings is 1. The van der Waals surface area contributed by atoms with E-state index in [1.165, 1.54) is 11.1 Å². The molecule has 0 saturated carbocycles. The lowest BCUT2D eigenvalue weighted by molar-refractivity contribution is 0.670. The maximum Gasteiger partial charge on any atom is 0.164 e. The zero-order chi connectivity index (χ0) is 39.6. The molecule has 1 aliphatic carbocycles. The van der Waals surface area contributed by atoms with Crippen LogP contribution >= 0.6 is 0 Å². The number of fused-ring (bicyclic) bond motifs is 7. The molecule has 0 bridgehead atoms. The molecule has 4 heteroatoms. The van der Waals surface area contributed by atoms with Crippen LogP contribution in [-0.4, -0.2) is 15.0 Å². The largest absolute Gasteiger partial charge is 0.455 e. The van der Waals surface area contributed by atoms with Gasteiger partial charge in [-0.25, -0.2) is 15.0 Å². The van der Waals surface area contributed by atoms with Crippen LogP contribution in [-0.2, 0) is 0 Å². The van der Waals surface area contributed by atoms with Crippen LogP contribution in [0.4, 0.5) is 0 Å². The third-order valence-corrected chi connectivity index (χ3v) is 9.82. The molecule has 0 saturated heterocycles. The van der Waals surface area contributed by atoms with E-state index in [4.69, 9.17) is 27.6 Å². The highest BCUT2D eigenvalue weighted by atomic mass is 16.3. The number of nitrogens with zero attached hydrogens (tertiary/aromatic N) is 3. The number of aromatic nitrogens is 3. The Morgan fingerprint density at radius 2 is 1.14 bits per heavy atom. The highest BCUT2D eigenvalue weighted by Gasteiger charge is 2.25. The molecular formula is C47H27N3O. The normalized spacial score (nSPS) is 13.8. The molecule has 236 valence electrons. The molecule has 2 heterocycles. The molecule has 2 aromatic heterocycles. The van der Waals surface area contributed by atoms with Gasteiger partial charge in [-0.15, -0.1) is 0 Å². The quantitative estimate of drug-likeness (QED) is 0.189. The molecule has 0 unspecified atom stereocenters. The summed E-state index contributed by atoms with van der Waals surface area (Å²) in [7, 11) is 0. The molecule has 1 aliphatic rings. The lowest BCUT2D eigenvalue weighted by atomic mass is 9.92. The molecule has 51 heavy (non-hydrogen) atoms. The molecule has 11 rings (SSSR count). The van der Waals surface area contributed by atoms with Crippen LogP contribution in [0.2, 0.25) is 0 Å². The molecule has 0 N–H and O–H groups in total. The fourth-order valence-corrected chi connectivity index (χ4v) is 7.54. The monoisotopic (exact) mass is 656 g/mol. The van der Waals surface area contributed by atoms with Crippen molar-refractivity contribution in [2.75, 3.05) is 0 Å². The van der Waals surface area contributed by atoms with E-state index in [9.17, 15) is 1.37 Å². The van der Waals surface area contributed by atoms with Crippen molar-refractivity contribution in [3.8, 4) is 67.5 Å². The van der Waals surface area contributed by atoms with Crippen LogP contribution in [0.3, 0.4) is 0 Å². The van der Waals surface area contributed by atoms with Crippen molar-refractivity contribution in [2.24, 2.45) is 0 Å². The number of hydrogen-bond acceptors (Lipinski definition) is 4. The molecular weight excluding hydrogens is 623 g/mol. The number of rotatable bonds is 4. The summed E-state index contributed by atoms with van der Waals surface area (Å²) >= 11 is 0. The van der Waals surface area contributed by atoms with E-state index in [0.717, 1.165) is 38.2 Å². The van der Waals surface area contributed by atoms with Gasteiger partial charge in [-0.3, -0.25) is 0 Å². The molecule has 0 atom stereocenters. The van der Waals surface area contributed by atoms with Gasteiger partial charge in [-0.2, -0.15) is 0 Å². The van der Waals surface area contributed by atoms with E-state index in [1.807, 2.05) is 60.7 Å². The standard InChI is InChI=1S/C47H27N3O/c1-2-12-29(13-3-1)45-48-46(31-22-21-28-11-4-5-14-30(28)27-31)50-47(49-45)40-26-25-38(44-43(40)39-17-8-9-20-41(39)51-44)34-23-24-37-33-16-7-6-15-32(33)35-18-10-19-36(34)42(35)37/h1-27H/i1D,2D,3D,8D,12D,13D,26D. The number of hydrogen-bond donors (Lipinski definition) is 0. The van der Waals surface area contributed by atoms with Crippen molar-refractivity contribution < 1.29 is 14.0 Å². The molecule has 0 radical (unpaired) electrons. The summed E-state index contributed by atoms with van der Waals surface area (Å²) in [6.07, 6.45) is 0. The summed E-state index contributed by atoms with van der Waals surface area (Å²) in [5.41, 5.74) is 7.85. The highest BCUT2D eigenvalue weighted by molar-refractivity contribution is 6.22. The van der Waals surface area contributed by atoms with Crippen molar-refractivity contribution in [1.29, 1.82) is 0 Å². The summed E-state index contributed by atoms with van der Waals surface area (Å²) < 4.78 is 67.8. The fraction of sp³-hybridized carbons (Fsp3) is 0. The number of para-hydroxylation sites is 1. The van der Waals surface area contributed by atoms with Gasteiger partial charge in [-0.05, 0) is 73.6 Å². The molecule has 10 aromatic rings. The first kappa shape index (κ1) is 21.9. The molecule has 0 aliphatic heterocycles. The van der Waals surface area contributed by atoms with Crippen LogP contribution in [0.25, 0.3) is 111 Å². The van der Waals surface area contributed by atoms with Gasteiger partial charge in [0.05, 0.1) is 9.60 Å². The summed E-state index contributed by atoms with van der Waals surface area (Å²) in [5.74, 6) is 0.105. The molecule has 0 spiro atoms. The van der Waals surface area contributed by atoms with E-state index < -0.39 is 30.2 Å². The molecule has 0 amide bonds. The van der Waals surface area contributed by atoms with Crippen molar-refractivity contribution in [3.63, 3.8) is 0 Å². The van der Waals surface area contributed by atoms with Gasteiger partial charge in [-0.1, -0.05) is 139 Å². The zero-order valence-corrected chi connectivity index (χ0v) is 26.8. The second kappa shape index (κ2) is 10.8. The van der Waals surface area contributed by atoms with Gasteiger partial charge in [0, 0.05) is 33.0 Å². The van der Waals surface area contributed by atoms with E-state index in [2.05, 4.69) is 36.4 Å². The lowest BCUT2D eigenvalue weighted by Crippen LogP contribution is -2.00. The summed E-state index contributed by atoms with van der Waals surface area (Å²) in [6.45, 7) is 0. The number of benzene rings is 8. The summed E-state index contributed by atoms with van der Waals surface area (Å²) in [4.78, 5) is 14.5. The Balaban J connectivity index is 1.23. The predicted octanol–water partition coefficient (Wildman–Crippen LogP) is 12.4. The SMILES string of the molecule is [2H]c1ccc2oc3c(-c4ccc5c6c(cccc46)-c4ccccc4-5)cc([2H])c(-c4nc(-c5ccc6ccccc6c5)nc(-c5c([2H])c([2H])c([2H])c([2H])c5[2H])n4)c3c2c1. The minimum absolute atomic E-state index is 0.0514. The molecule has 8 aromatic carbocycles. The van der Waals surface area contributed by atoms with Crippen molar-refractivity contribution in [1.82, 2.24) is 15.0 Å². The Morgan fingerprint density at radius 1 is 0.412 bits per heavy atom. The summed E-state index contributed by atoms with van der Waals surface area (Å²) in [6, 6.07) is 37.0. The Kier molecular flexibility index (Phi) is 4.64. The van der Waals surface area contributed by atoms with Crippen LogP contribution in [0.1, 0.15) is 9.60 Å². The van der Waals surface area contributed by atoms with Crippen LogP contribution in [0.5, 0.6) is 0 Å². The Bertz CT molecular complexity index is 3390. The first-order chi connectivity index (χ1) is 28.2. The third-order valence-electron chi connectivity index (χ3n) is 9.82. The van der Waals surface area contributed by atoms with E-state index in [-0.39, 0.29) is 35.1 Å². The smallest absolute Gasteiger partial charge is 0.164 e. The first-order valence-electron chi connectivity index (χ1n) is 20.1. The van der Waals surface area contributed by atoms with E-state index in [1.54, 1.807) is 24.3 Å². The predicted molar refractivity (Wildman–Crippen MR) is 208 cm³/mol. The maximum absolute atomic E-state index is 9.75. The van der Waals surface area contributed by atoms with Crippen molar-refractivity contribution in [2.45, 2.75) is 0 Å². The minimum Gasteiger partial charge on any atom is -0.455 e. The lowest BCUT2D eigenvalue weighted by Gasteiger charge is -2.13. The topological polar surface area (TPSA) is 51.8 Å². The van der Waals surface area contributed by atoms with Crippen LogP contribution in [0.15, 0.2) is 168 Å². The van der Waals surface area contributed by atoms with E-state index in [0.29, 0.717) is 38.6 Å². The Morgan fingerprint density at radius 3 is 2.00 bits per heavy atom.